The van der Waals surface area contributed by atoms with E-state index in [-0.39, 0.29) is 28.6 Å². The van der Waals surface area contributed by atoms with Gasteiger partial charge in [0.2, 0.25) is 0 Å². The summed E-state index contributed by atoms with van der Waals surface area (Å²) in [5.74, 6) is -0.395. The number of amides is 1. The molecule has 3 rings (SSSR count). The second kappa shape index (κ2) is 11.2. The highest BCUT2D eigenvalue weighted by molar-refractivity contribution is 14.1. The van der Waals surface area contributed by atoms with Crippen LogP contribution in [0.2, 0.25) is 0 Å². The third-order valence-electron chi connectivity index (χ3n) is 4.54. The number of carbonyl (C=O) groups is 1. The van der Waals surface area contributed by atoms with Crippen molar-refractivity contribution in [1.29, 1.82) is 5.26 Å². The Morgan fingerprint density at radius 1 is 1.09 bits per heavy atom. The largest absolute Gasteiger partial charge is 0.490 e. The molecular weight excluding hydrogens is 567 g/mol. The number of ether oxygens (including phenoxy) is 1. The second-order valence-corrected chi connectivity index (χ2v) is 9.92. The zero-order valence-electron chi connectivity index (χ0n) is 18.4. The van der Waals surface area contributed by atoms with Crippen molar-refractivity contribution in [3.63, 3.8) is 0 Å². The van der Waals surface area contributed by atoms with Gasteiger partial charge in [-0.3, -0.25) is 4.79 Å². The highest BCUT2D eigenvalue weighted by Gasteiger charge is 2.20. The van der Waals surface area contributed by atoms with Crippen molar-refractivity contribution in [2.75, 3.05) is 11.9 Å². The summed E-state index contributed by atoms with van der Waals surface area (Å²) < 4.78 is 37.2. The summed E-state index contributed by atoms with van der Waals surface area (Å²) in [4.78, 5) is 12.6. The van der Waals surface area contributed by atoms with E-state index >= 15 is 0 Å². The fourth-order valence-corrected chi connectivity index (χ4v) is 4.39. The molecule has 9 heteroatoms. The van der Waals surface area contributed by atoms with Gasteiger partial charge in [-0.25, -0.2) is 0 Å². The Morgan fingerprint density at radius 2 is 1.82 bits per heavy atom. The summed E-state index contributed by atoms with van der Waals surface area (Å²) in [6.07, 6.45) is 1.39. The van der Waals surface area contributed by atoms with Gasteiger partial charge in [-0.1, -0.05) is 29.8 Å². The van der Waals surface area contributed by atoms with Gasteiger partial charge in [0.1, 0.15) is 16.5 Å². The summed E-state index contributed by atoms with van der Waals surface area (Å²) in [6, 6.07) is 19.8. The fourth-order valence-electron chi connectivity index (χ4n) is 2.90. The van der Waals surface area contributed by atoms with E-state index in [0.29, 0.717) is 11.3 Å². The Hall–Kier alpha value is -3.36. The van der Waals surface area contributed by atoms with Gasteiger partial charge in [-0.05, 0) is 90.5 Å². The average Bonchev–Trinajstić information content (AvgIpc) is 2.79. The summed E-state index contributed by atoms with van der Waals surface area (Å²) in [5, 5.41) is 12.2. The van der Waals surface area contributed by atoms with Gasteiger partial charge in [-0.2, -0.15) is 13.7 Å². The zero-order valence-corrected chi connectivity index (χ0v) is 21.4. The number of nitrogens with one attached hydrogen (secondary N) is 1. The number of hydrogen-bond donors (Lipinski definition) is 1. The van der Waals surface area contributed by atoms with E-state index < -0.39 is 16.0 Å². The molecule has 0 aliphatic rings. The number of hydrogen-bond acceptors (Lipinski definition) is 6. The first-order valence-electron chi connectivity index (χ1n) is 10.2. The molecule has 0 aliphatic heterocycles. The number of benzene rings is 3. The van der Waals surface area contributed by atoms with Crippen molar-refractivity contribution in [3.8, 4) is 17.6 Å². The smallest absolute Gasteiger partial charge is 0.339 e. The van der Waals surface area contributed by atoms with Gasteiger partial charge < -0.3 is 14.2 Å². The Balaban J connectivity index is 1.87. The van der Waals surface area contributed by atoms with Gasteiger partial charge in [0.05, 0.1) is 6.61 Å². The molecule has 34 heavy (non-hydrogen) atoms. The molecule has 3 aromatic rings. The van der Waals surface area contributed by atoms with Crippen LogP contribution in [-0.2, 0) is 14.9 Å². The number of carbonyl (C=O) groups excluding carboxylic acids is 1. The molecule has 7 nitrogen and oxygen atoms in total. The minimum atomic E-state index is -4.08. The summed E-state index contributed by atoms with van der Waals surface area (Å²) in [6.45, 7) is 3.86. The molecular formula is C25H21IN2O5S. The van der Waals surface area contributed by atoms with Crippen LogP contribution in [0.3, 0.4) is 0 Å². The summed E-state index contributed by atoms with van der Waals surface area (Å²) in [5.41, 5.74) is 1.84. The highest BCUT2D eigenvalue weighted by Crippen LogP contribution is 2.32. The third kappa shape index (κ3) is 6.59. The van der Waals surface area contributed by atoms with Crippen molar-refractivity contribution in [2.45, 2.75) is 18.7 Å². The summed E-state index contributed by atoms with van der Waals surface area (Å²) in [7, 11) is -4.08. The molecule has 0 radical (unpaired) electrons. The lowest BCUT2D eigenvalue weighted by Gasteiger charge is -2.13. The maximum atomic E-state index is 12.7. The van der Waals surface area contributed by atoms with E-state index in [9.17, 15) is 18.5 Å². The van der Waals surface area contributed by atoms with Crippen LogP contribution in [0, 0.1) is 21.8 Å². The number of nitrogens with zero attached hydrogens (tertiary/aromatic N) is 1. The molecule has 0 aromatic heterocycles. The average molecular weight is 588 g/mol. The van der Waals surface area contributed by atoms with Crippen LogP contribution in [0.25, 0.3) is 6.08 Å². The van der Waals surface area contributed by atoms with Gasteiger partial charge in [-0.15, -0.1) is 0 Å². The first-order valence-corrected chi connectivity index (χ1v) is 12.7. The lowest BCUT2D eigenvalue weighted by molar-refractivity contribution is -0.112. The fraction of sp³-hybridized carbons (Fsp3) is 0.120. The van der Waals surface area contributed by atoms with E-state index in [0.717, 1.165) is 9.13 Å². The molecule has 174 valence electrons. The van der Waals surface area contributed by atoms with Gasteiger partial charge in [0.25, 0.3) is 5.91 Å². The predicted molar refractivity (Wildman–Crippen MR) is 138 cm³/mol. The molecule has 0 saturated carbocycles. The zero-order chi connectivity index (χ0) is 24.7. The van der Waals surface area contributed by atoms with Crippen LogP contribution in [0.15, 0.2) is 77.2 Å². The molecule has 0 atom stereocenters. The van der Waals surface area contributed by atoms with Crippen molar-refractivity contribution < 1.29 is 22.1 Å². The predicted octanol–water partition coefficient (Wildman–Crippen LogP) is 5.31. The number of halogens is 1. The van der Waals surface area contributed by atoms with Crippen LogP contribution in [0.4, 0.5) is 5.69 Å². The third-order valence-corrected chi connectivity index (χ3v) is 6.45. The van der Waals surface area contributed by atoms with E-state index in [1.54, 1.807) is 43.3 Å². The van der Waals surface area contributed by atoms with Gasteiger partial charge >= 0.3 is 10.1 Å². The Morgan fingerprint density at radius 3 is 2.47 bits per heavy atom. The van der Waals surface area contributed by atoms with Gasteiger partial charge in [0, 0.05) is 9.26 Å². The molecule has 1 amide bonds. The molecule has 1 N–H and O–H groups in total. The maximum absolute atomic E-state index is 12.7. The van der Waals surface area contributed by atoms with Crippen LogP contribution < -0.4 is 14.2 Å². The molecule has 0 fully saturated rings. The number of rotatable bonds is 8. The van der Waals surface area contributed by atoms with E-state index in [1.807, 2.05) is 19.1 Å². The lowest BCUT2D eigenvalue weighted by atomic mass is 10.1. The molecule has 0 bridgehead atoms. The van der Waals surface area contributed by atoms with Crippen molar-refractivity contribution in [1.82, 2.24) is 0 Å². The number of nitriles is 1. The summed E-state index contributed by atoms with van der Waals surface area (Å²) >= 11 is 2.13. The van der Waals surface area contributed by atoms with Crippen LogP contribution >= 0.6 is 22.6 Å². The Kier molecular flexibility index (Phi) is 8.31. The number of anilines is 1. The highest BCUT2D eigenvalue weighted by atomic mass is 127. The molecule has 0 heterocycles. The van der Waals surface area contributed by atoms with Crippen LogP contribution in [-0.4, -0.2) is 20.9 Å². The first kappa shape index (κ1) is 25.3. The Labute approximate surface area is 212 Å². The van der Waals surface area contributed by atoms with Crippen molar-refractivity contribution in [2.24, 2.45) is 0 Å². The van der Waals surface area contributed by atoms with E-state index in [1.165, 1.54) is 30.3 Å². The van der Waals surface area contributed by atoms with E-state index in [2.05, 4.69) is 27.9 Å². The molecule has 0 spiro atoms. The van der Waals surface area contributed by atoms with Crippen LogP contribution in [0.1, 0.15) is 18.1 Å². The SMILES string of the molecule is CCOc1cc(/C=C(\C#N)C(=O)Nc2cccc(I)c2)ccc1OS(=O)(=O)c1ccc(C)cc1. The second-order valence-electron chi connectivity index (χ2n) is 7.12. The standard InChI is InChI=1S/C25H21IN2O5S/c1-3-32-24-14-18(13-19(16-27)25(29)28-21-6-4-5-20(26)15-21)9-12-23(24)33-34(30,31)22-10-7-17(2)8-11-22/h4-15H,3H2,1-2H3,(H,28,29)/b19-13+. The quantitative estimate of drug-likeness (QED) is 0.166. The minimum absolute atomic E-state index is 0.00129. The number of aryl methyl sites for hydroxylation is 1. The minimum Gasteiger partial charge on any atom is -0.490 e. The molecule has 3 aromatic carbocycles. The molecule has 0 aliphatic carbocycles. The topological polar surface area (TPSA) is 105 Å². The molecule has 0 saturated heterocycles. The first-order chi connectivity index (χ1) is 16.2. The lowest BCUT2D eigenvalue weighted by Crippen LogP contribution is -2.13. The van der Waals surface area contributed by atoms with Crippen molar-refractivity contribution >= 4 is 50.4 Å². The van der Waals surface area contributed by atoms with E-state index in [4.69, 9.17) is 8.92 Å². The van der Waals surface area contributed by atoms with Crippen LogP contribution in [0.5, 0.6) is 11.5 Å². The normalized spacial score (nSPS) is 11.4. The van der Waals surface area contributed by atoms with Gasteiger partial charge in [0.15, 0.2) is 11.5 Å². The molecule has 0 unspecified atom stereocenters. The Bertz CT molecular complexity index is 1380. The maximum Gasteiger partial charge on any atom is 0.339 e. The monoisotopic (exact) mass is 588 g/mol. The van der Waals surface area contributed by atoms with Crippen molar-refractivity contribution in [3.05, 3.63) is 87.0 Å².